The van der Waals surface area contributed by atoms with Gasteiger partial charge in [0.2, 0.25) is 5.91 Å². The summed E-state index contributed by atoms with van der Waals surface area (Å²) in [5, 5.41) is 12.9. The van der Waals surface area contributed by atoms with Crippen molar-refractivity contribution < 1.29 is 14.6 Å². The highest BCUT2D eigenvalue weighted by molar-refractivity contribution is 9.09. The molecule has 4 nitrogen and oxygen atoms in total. The van der Waals surface area contributed by atoms with Gasteiger partial charge in [-0.25, -0.2) is 0 Å². The van der Waals surface area contributed by atoms with Crippen LogP contribution in [0.1, 0.15) is 12.5 Å². The fraction of sp³-hybridized carbons (Fsp3) is 0.417. The van der Waals surface area contributed by atoms with E-state index in [2.05, 4.69) is 21.2 Å². The zero-order valence-corrected chi connectivity index (χ0v) is 12.3. The van der Waals surface area contributed by atoms with E-state index in [0.29, 0.717) is 25.3 Å². The van der Waals surface area contributed by atoms with Crippen LogP contribution in [0, 0.1) is 0 Å². The normalized spacial score (nSPS) is 10.2. The van der Waals surface area contributed by atoms with Crippen LogP contribution in [0.25, 0.3) is 0 Å². The Labute approximate surface area is 119 Å². The van der Waals surface area contributed by atoms with E-state index < -0.39 is 0 Å². The standard InChI is InChI=1S/C12H15BrClNO3/c1-2-18-10-6-8(5-9(14)12(10)17)3-4-15-11(16)7-13/h5-6,17H,2-4,7H2,1H3,(H,15,16). The van der Waals surface area contributed by atoms with Crippen LogP contribution in [0.15, 0.2) is 12.1 Å². The quantitative estimate of drug-likeness (QED) is 0.785. The van der Waals surface area contributed by atoms with E-state index in [1.54, 1.807) is 12.1 Å². The van der Waals surface area contributed by atoms with Gasteiger partial charge in [0.25, 0.3) is 0 Å². The van der Waals surface area contributed by atoms with Crippen molar-refractivity contribution in [2.24, 2.45) is 0 Å². The fourth-order valence-electron chi connectivity index (χ4n) is 1.43. The number of carbonyl (C=O) groups is 1. The Balaban J connectivity index is 2.68. The molecule has 0 aromatic heterocycles. The number of phenolic OH excluding ortho intramolecular Hbond substituents is 1. The van der Waals surface area contributed by atoms with Gasteiger partial charge in [-0.1, -0.05) is 27.5 Å². The van der Waals surface area contributed by atoms with Crippen LogP contribution in [-0.4, -0.2) is 29.5 Å². The summed E-state index contributed by atoms with van der Waals surface area (Å²) in [5.74, 6) is 0.253. The molecule has 0 radical (unpaired) electrons. The Morgan fingerprint density at radius 3 is 2.89 bits per heavy atom. The Bertz CT molecular complexity index is 426. The number of hydrogen-bond donors (Lipinski definition) is 2. The molecular weight excluding hydrogens is 321 g/mol. The van der Waals surface area contributed by atoms with Gasteiger partial charge in [-0.2, -0.15) is 0 Å². The zero-order chi connectivity index (χ0) is 13.5. The van der Waals surface area contributed by atoms with Crippen molar-refractivity contribution in [1.29, 1.82) is 0 Å². The first-order valence-corrected chi connectivity index (χ1v) is 7.05. The Morgan fingerprint density at radius 1 is 1.56 bits per heavy atom. The van der Waals surface area contributed by atoms with Crippen molar-refractivity contribution in [3.05, 3.63) is 22.7 Å². The molecule has 0 bridgehead atoms. The van der Waals surface area contributed by atoms with E-state index in [1.165, 1.54) is 0 Å². The third-order valence-corrected chi connectivity index (χ3v) is 3.04. The molecule has 1 amide bonds. The number of ether oxygens (including phenoxy) is 1. The van der Waals surface area contributed by atoms with Crippen molar-refractivity contribution in [3.8, 4) is 11.5 Å². The third kappa shape index (κ3) is 4.38. The summed E-state index contributed by atoms with van der Waals surface area (Å²) >= 11 is 8.97. The van der Waals surface area contributed by atoms with E-state index >= 15 is 0 Å². The number of benzene rings is 1. The summed E-state index contributed by atoms with van der Waals surface area (Å²) in [4.78, 5) is 11.0. The minimum atomic E-state index is -0.0649. The summed E-state index contributed by atoms with van der Waals surface area (Å²) in [6, 6.07) is 3.39. The van der Waals surface area contributed by atoms with Gasteiger partial charge in [-0.3, -0.25) is 4.79 Å². The number of carbonyl (C=O) groups excluding carboxylic acids is 1. The Morgan fingerprint density at radius 2 is 2.28 bits per heavy atom. The van der Waals surface area contributed by atoms with Gasteiger partial charge >= 0.3 is 0 Å². The highest BCUT2D eigenvalue weighted by Gasteiger charge is 2.09. The first-order chi connectivity index (χ1) is 8.58. The number of phenols is 1. The Hall–Kier alpha value is -0.940. The molecule has 2 N–H and O–H groups in total. The van der Waals surface area contributed by atoms with Crippen LogP contribution in [-0.2, 0) is 11.2 Å². The molecule has 0 spiro atoms. The van der Waals surface area contributed by atoms with Crippen LogP contribution in [0.3, 0.4) is 0 Å². The number of aromatic hydroxyl groups is 1. The minimum Gasteiger partial charge on any atom is -0.503 e. The second-order valence-electron chi connectivity index (χ2n) is 3.59. The summed E-state index contributed by atoms with van der Waals surface area (Å²) in [7, 11) is 0. The van der Waals surface area contributed by atoms with Crippen LogP contribution in [0.5, 0.6) is 11.5 Å². The van der Waals surface area contributed by atoms with Crippen molar-refractivity contribution in [1.82, 2.24) is 5.32 Å². The molecule has 1 aromatic rings. The maximum Gasteiger partial charge on any atom is 0.230 e. The van der Waals surface area contributed by atoms with Gasteiger partial charge < -0.3 is 15.2 Å². The molecule has 100 valence electrons. The average Bonchev–Trinajstić information content (AvgIpc) is 2.35. The number of hydrogen-bond acceptors (Lipinski definition) is 3. The van der Waals surface area contributed by atoms with Crippen molar-refractivity contribution >= 4 is 33.4 Å². The summed E-state index contributed by atoms with van der Waals surface area (Å²) in [6.45, 7) is 2.79. The number of halogens is 2. The van der Waals surface area contributed by atoms with Crippen LogP contribution >= 0.6 is 27.5 Å². The van der Waals surface area contributed by atoms with Crippen LogP contribution in [0.2, 0.25) is 5.02 Å². The fourth-order valence-corrected chi connectivity index (χ4v) is 1.86. The van der Waals surface area contributed by atoms with E-state index in [1.807, 2.05) is 6.92 Å². The monoisotopic (exact) mass is 335 g/mol. The van der Waals surface area contributed by atoms with Gasteiger partial charge in [0.05, 0.1) is 17.0 Å². The van der Waals surface area contributed by atoms with E-state index in [0.717, 1.165) is 5.56 Å². The van der Waals surface area contributed by atoms with Crippen molar-refractivity contribution in [3.63, 3.8) is 0 Å². The van der Waals surface area contributed by atoms with Gasteiger partial charge in [0.15, 0.2) is 11.5 Å². The smallest absolute Gasteiger partial charge is 0.230 e. The molecule has 0 aliphatic heterocycles. The summed E-state index contributed by atoms with van der Waals surface area (Å²) in [6.07, 6.45) is 0.624. The lowest BCUT2D eigenvalue weighted by molar-refractivity contribution is -0.118. The van der Waals surface area contributed by atoms with Gasteiger partial charge in [-0.05, 0) is 31.0 Å². The number of rotatable bonds is 6. The minimum absolute atomic E-state index is 0.0493. The lowest BCUT2D eigenvalue weighted by Crippen LogP contribution is -2.26. The van der Waals surface area contributed by atoms with E-state index in [9.17, 15) is 9.90 Å². The molecule has 0 unspecified atom stereocenters. The van der Waals surface area contributed by atoms with Gasteiger partial charge in [0.1, 0.15) is 0 Å². The lowest BCUT2D eigenvalue weighted by Gasteiger charge is -2.10. The zero-order valence-electron chi connectivity index (χ0n) is 10.0. The molecule has 1 rings (SSSR count). The molecule has 1 aromatic carbocycles. The summed E-state index contributed by atoms with van der Waals surface area (Å²) < 4.78 is 5.28. The molecule has 6 heteroatoms. The predicted molar refractivity (Wildman–Crippen MR) is 74.8 cm³/mol. The van der Waals surface area contributed by atoms with Crippen molar-refractivity contribution in [2.45, 2.75) is 13.3 Å². The largest absolute Gasteiger partial charge is 0.503 e. The van der Waals surface area contributed by atoms with Gasteiger partial charge in [0, 0.05) is 6.54 Å². The van der Waals surface area contributed by atoms with Gasteiger partial charge in [-0.15, -0.1) is 0 Å². The second-order valence-corrected chi connectivity index (χ2v) is 4.56. The average molecular weight is 337 g/mol. The van der Waals surface area contributed by atoms with Crippen LogP contribution in [0.4, 0.5) is 0 Å². The molecule has 0 aliphatic carbocycles. The molecule has 0 saturated heterocycles. The maximum absolute atomic E-state index is 11.0. The molecular formula is C12H15BrClNO3. The summed E-state index contributed by atoms with van der Waals surface area (Å²) in [5.41, 5.74) is 0.899. The molecule has 0 fully saturated rings. The SMILES string of the molecule is CCOc1cc(CCNC(=O)CBr)cc(Cl)c1O. The van der Waals surface area contributed by atoms with E-state index in [-0.39, 0.29) is 22.0 Å². The molecule has 18 heavy (non-hydrogen) atoms. The third-order valence-electron chi connectivity index (χ3n) is 2.25. The second kappa shape index (κ2) is 7.48. The van der Waals surface area contributed by atoms with Crippen LogP contribution < -0.4 is 10.1 Å². The number of amides is 1. The molecule has 0 saturated carbocycles. The first kappa shape index (κ1) is 15.1. The Kier molecular flexibility index (Phi) is 6.29. The molecule has 0 atom stereocenters. The van der Waals surface area contributed by atoms with E-state index in [4.69, 9.17) is 16.3 Å². The maximum atomic E-state index is 11.0. The first-order valence-electron chi connectivity index (χ1n) is 5.55. The lowest BCUT2D eigenvalue weighted by atomic mass is 10.1. The molecule has 0 heterocycles. The highest BCUT2D eigenvalue weighted by atomic mass is 79.9. The predicted octanol–water partition coefficient (Wildman–Crippen LogP) is 2.50. The highest BCUT2D eigenvalue weighted by Crippen LogP contribution is 2.35. The topological polar surface area (TPSA) is 58.6 Å². The number of alkyl halides is 1. The number of nitrogens with one attached hydrogen (secondary N) is 1. The van der Waals surface area contributed by atoms with Crippen molar-refractivity contribution in [2.75, 3.05) is 18.5 Å². The molecule has 0 aliphatic rings.